The van der Waals surface area contributed by atoms with Crippen LogP contribution in [0.2, 0.25) is 0 Å². The van der Waals surface area contributed by atoms with Crippen LogP contribution in [-0.4, -0.2) is 26.2 Å². The maximum absolute atomic E-state index is 12.2. The number of hydrogen-bond donors (Lipinski definition) is 1. The molecule has 1 aliphatic carbocycles. The van der Waals surface area contributed by atoms with Gasteiger partial charge in [-0.2, -0.15) is 5.10 Å². The van der Waals surface area contributed by atoms with Gasteiger partial charge in [-0.25, -0.2) is 5.43 Å². The molecule has 0 atom stereocenters. The SMILES string of the molecule is CN(C)c1ccc(/C=N\NC(=O)c2csc3c2CCCC3)o1. The van der Waals surface area contributed by atoms with E-state index in [9.17, 15) is 4.79 Å². The Morgan fingerprint density at radius 1 is 1.36 bits per heavy atom. The van der Waals surface area contributed by atoms with Gasteiger partial charge in [-0.1, -0.05) is 0 Å². The molecular weight excluding hydrogens is 298 g/mol. The van der Waals surface area contributed by atoms with Crippen LogP contribution in [0.1, 0.15) is 39.4 Å². The van der Waals surface area contributed by atoms with E-state index in [4.69, 9.17) is 4.42 Å². The van der Waals surface area contributed by atoms with Crippen molar-refractivity contribution in [3.05, 3.63) is 39.3 Å². The molecule has 0 fully saturated rings. The fourth-order valence-electron chi connectivity index (χ4n) is 2.55. The van der Waals surface area contributed by atoms with Gasteiger partial charge in [-0.3, -0.25) is 4.79 Å². The number of carbonyl (C=O) groups excluding carboxylic acids is 1. The summed E-state index contributed by atoms with van der Waals surface area (Å²) in [6.45, 7) is 0. The summed E-state index contributed by atoms with van der Waals surface area (Å²) in [4.78, 5) is 15.4. The normalized spacial score (nSPS) is 14.1. The quantitative estimate of drug-likeness (QED) is 0.696. The highest BCUT2D eigenvalue weighted by Gasteiger charge is 2.19. The monoisotopic (exact) mass is 317 g/mol. The predicted molar refractivity (Wildman–Crippen MR) is 89.1 cm³/mol. The minimum Gasteiger partial charge on any atom is -0.440 e. The summed E-state index contributed by atoms with van der Waals surface area (Å²) in [5, 5.41) is 5.93. The fraction of sp³-hybridized carbons (Fsp3) is 0.375. The summed E-state index contributed by atoms with van der Waals surface area (Å²) in [7, 11) is 3.81. The molecule has 0 radical (unpaired) electrons. The zero-order chi connectivity index (χ0) is 15.5. The lowest BCUT2D eigenvalue weighted by Gasteiger charge is -2.11. The molecule has 0 bridgehead atoms. The van der Waals surface area contributed by atoms with E-state index in [-0.39, 0.29) is 5.91 Å². The molecule has 0 spiro atoms. The average molecular weight is 317 g/mol. The van der Waals surface area contributed by atoms with E-state index >= 15 is 0 Å². The van der Waals surface area contributed by atoms with Crippen LogP contribution in [0.5, 0.6) is 0 Å². The molecule has 2 aromatic rings. The van der Waals surface area contributed by atoms with Gasteiger partial charge < -0.3 is 9.32 Å². The smallest absolute Gasteiger partial charge is 0.272 e. The van der Waals surface area contributed by atoms with Crippen molar-refractivity contribution in [1.82, 2.24) is 5.43 Å². The van der Waals surface area contributed by atoms with E-state index in [2.05, 4.69) is 10.5 Å². The molecular formula is C16H19N3O2S. The molecule has 22 heavy (non-hydrogen) atoms. The Bertz CT molecular complexity index is 700. The molecule has 1 amide bonds. The third-order valence-corrected chi connectivity index (χ3v) is 4.81. The number of hydrazone groups is 1. The van der Waals surface area contributed by atoms with E-state index in [1.165, 1.54) is 23.1 Å². The number of rotatable bonds is 4. The standard InChI is InChI=1S/C16H19N3O2S/c1-19(2)15-8-7-11(21-15)9-17-18-16(20)13-10-22-14-6-4-3-5-12(13)14/h7-10H,3-6H2,1-2H3,(H,18,20)/b17-9-. The second-order valence-electron chi connectivity index (χ2n) is 5.53. The van der Waals surface area contributed by atoms with Crippen molar-refractivity contribution in [2.75, 3.05) is 19.0 Å². The molecule has 2 heterocycles. The van der Waals surface area contributed by atoms with E-state index in [1.54, 1.807) is 11.3 Å². The van der Waals surface area contributed by atoms with Crippen molar-refractivity contribution in [1.29, 1.82) is 0 Å². The summed E-state index contributed by atoms with van der Waals surface area (Å²) in [6, 6.07) is 3.68. The van der Waals surface area contributed by atoms with Gasteiger partial charge in [-0.05, 0) is 37.3 Å². The van der Waals surface area contributed by atoms with Gasteiger partial charge in [0.1, 0.15) is 5.76 Å². The van der Waals surface area contributed by atoms with Crippen molar-refractivity contribution in [2.24, 2.45) is 5.10 Å². The van der Waals surface area contributed by atoms with Crippen LogP contribution >= 0.6 is 11.3 Å². The minimum atomic E-state index is -0.143. The van der Waals surface area contributed by atoms with E-state index < -0.39 is 0 Å². The number of carbonyl (C=O) groups is 1. The van der Waals surface area contributed by atoms with Crippen molar-refractivity contribution in [3.63, 3.8) is 0 Å². The number of hydrogen-bond acceptors (Lipinski definition) is 5. The number of amides is 1. The number of aryl methyl sites for hydroxylation is 1. The van der Waals surface area contributed by atoms with Crippen molar-refractivity contribution in [3.8, 4) is 0 Å². The van der Waals surface area contributed by atoms with Gasteiger partial charge in [-0.15, -0.1) is 11.3 Å². The average Bonchev–Trinajstić information content (AvgIpc) is 3.13. The first-order valence-electron chi connectivity index (χ1n) is 7.35. The van der Waals surface area contributed by atoms with Crippen LogP contribution < -0.4 is 10.3 Å². The molecule has 2 aromatic heterocycles. The lowest BCUT2D eigenvalue weighted by Crippen LogP contribution is -2.19. The maximum atomic E-state index is 12.2. The number of furan rings is 1. The van der Waals surface area contributed by atoms with Crippen molar-refractivity contribution in [2.45, 2.75) is 25.7 Å². The molecule has 0 saturated heterocycles. The zero-order valence-electron chi connectivity index (χ0n) is 12.8. The first-order chi connectivity index (χ1) is 10.6. The molecule has 1 aliphatic rings. The van der Waals surface area contributed by atoms with Gasteiger partial charge in [0.15, 0.2) is 5.88 Å². The highest BCUT2D eigenvalue weighted by molar-refractivity contribution is 7.10. The second kappa shape index (κ2) is 6.36. The van der Waals surface area contributed by atoms with Crippen LogP contribution in [0.4, 0.5) is 5.88 Å². The van der Waals surface area contributed by atoms with Gasteiger partial charge >= 0.3 is 0 Å². The Kier molecular flexibility index (Phi) is 4.29. The first-order valence-corrected chi connectivity index (χ1v) is 8.23. The molecule has 5 nitrogen and oxygen atoms in total. The summed E-state index contributed by atoms with van der Waals surface area (Å²) < 4.78 is 5.54. The third kappa shape index (κ3) is 3.06. The van der Waals surface area contributed by atoms with Crippen LogP contribution in [0, 0.1) is 0 Å². The number of nitrogens with zero attached hydrogens (tertiary/aromatic N) is 2. The molecule has 0 aliphatic heterocycles. The van der Waals surface area contributed by atoms with Crippen LogP contribution in [0.25, 0.3) is 0 Å². The molecule has 116 valence electrons. The van der Waals surface area contributed by atoms with Gasteiger partial charge in [0.05, 0.1) is 11.8 Å². The van der Waals surface area contributed by atoms with Gasteiger partial charge in [0.25, 0.3) is 5.91 Å². The van der Waals surface area contributed by atoms with Crippen LogP contribution in [-0.2, 0) is 12.8 Å². The van der Waals surface area contributed by atoms with Gasteiger partial charge in [0, 0.05) is 30.4 Å². The van der Waals surface area contributed by atoms with Crippen LogP contribution in [0.3, 0.4) is 0 Å². The first kappa shape index (κ1) is 14.8. The maximum Gasteiger partial charge on any atom is 0.272 e. The topological polar surface area (TPSA) is 57.8 Å². The van der Waals surface area contributed by atoms with E-state index in [1.807, 2.05) is 36.5 Å². The van der Waals surface area contributed by atoms with Crippen LogP contribution in [0.15, 0.2) is 27.0 Å². The largest absolute Gasteiger partial charge is 0.440 e. The Morgan fingerprint density at radius 3 is 2.95 bits per heavy atom. The molecule has 3 rings (SSSR count). The molecule has 0 unspecified atom stereocenters. The number of thiophene rings is 1. The zero-order valence-corrected chi connectivity index (χ0v) is 13.6. The highest BCUT2D eigenvalue weighted by Crippen LogP contribution is 2.30. The summed E-state index contributed by atoms with van der Waals surface area (Å²) in [5.74, 6) is 1.21. The van der Waals surface area contributed by atoms with Crippen molar-refractivity contribution >= 4 is 29.3 Å². The predicted octanol–water partition coefficient (Wildman–Crippen LogP) is 3.05. The second-order valence-corrected chi connectivity index (χ2v) is 6.49. The Labute approximate surface area is 133 Å². The van der Waals surface area contributed by atoms with Crippen molar-refractivity contribution < 1.29 is 9.21 Å². The Morgan fingerprint density at radius 2 is 2.18 bits per heavy atom. The third-order valence-electron chi connectivity index (χ3n) is 3.72. The lowest BCUT2D eigenvalue weighted by molar-refractivity contribution is 0.0954. The Balaban J connectivity index is 1.64. The number of fused-ring (bicyclic) bond motifs is 1. The Hall–Kier alpha value is -2.08. The van der Waals surface area contributed by atoms with E-state index in [0.29, 0.717) is 5.76 Å². The number of anilines is 1. The molecule has 0 saturated carbocycles. The fourth-order valence-corrected chi connectivity index (χ4v) is 3.68. The summed E-state index contributed by atoms with van der Waals surface area (Å²) in [6.07, 6.45) is 5.99. The number of nitrogens with one attached hydrogen (secondary N) is 1. The van der Waals surface area contributed by atoms with E-state index in [0.717, 1.165) is 30.7 Å². The summed E-state index contributed by atoms with van der Waals surface area (Å²) in [5.41, 5.74) is 4.56. The molecule has 1 N–H and O–H groups in total. The molecule has 6 heteroatoms. The molecule has 0 aromatic carbocycles. The highest BCUT2D eigenvalue weighted by atomic mass is 32.1. The minimum absolute atomic E-state index is 0.143. The lowest BCUT2D eigenvalue weighted by atomic mass is 9.96. The summed E-state index contributed by atoms with van der Waals surface area (Å²) >= 11 is 1.68. The van der Waals surface area contributed by atoms with Gasteiger partial charge in [0.2, 0.25) is 0 Å².